The van der Waals surface area contributed by atoms with Crippen LogP contribution in [-0.2, 0) is 19.1 Å². The second-order valence-electron chi connectivity index (χ2n) is 6.85. The first-order valence-electron chi connectivity index (χ1n) is 9.13. The summed E-state index contributed by atoms with van der Waals surface area (Å²) in [5, 5.41) is 0. The zero-order valence-electron chi connectivity index (χ0n) is 15.8. The van der Waals surface area contributed by atoms with Crippen molar-refractivity contribution in [2.45, 2.75) is 18.1 Å². The van der Waals surface area contributed by atoms with Crippen molar-refractivity contribution >= 4 is 23.5 Å². The van der Waals surface area contributed by atoms with E-state index in [0.29, 0.717) is 11.3 Å². The van der Waals surface area contributed by atoms with Crippen LogP contribution in [0.3, 0.4) is 0 Å². The molecule has 2 fully saturated rings. The highest BCUT2D eigenvalue weighted by molar-refractivity contribution is 5.99. The number of benzene rings is 1. The number of β-lactam (4-membered cyclic amide) rings is 1. The third kappa shape index (κ3) is 3.16. The van der Waals surface area contributed by atoms with Gasteiger partial charge in [0.2, 0.25) is 5.91 Å². The Bertz CT molecular complexity index is 939. The molecule has 2 aromatic rings. The van der Waals surface area contributed by atoms with E-state index in [-0.39, 0.29) is 19.1 Å². The van der Waals surface area contributed by atoms with Crippen LogP contribution >= 0.6 is 0 Å². The van der Waals surface area contributed by atoms with Gasteiger partial charge in [0.1, 0.15) is 25.0 Å². The van der Waals surface area contributed by atoms with Crippen LogP contribution in [0, 0.1) is 0 Å². The number of rotatable bonds is 6. The molecule has 4 rings (SSSR count). The standard InChI is InChI=1S/C21H20N2O6/c1-13(16-9-6-10-28-16)18-19(20(25)22(18)11-17(24)27-2)23-15(12-29-21(23)26)14-7-4-3-5-8-14/h3-10,15,18-19H,1,11-12H2,2H3/t15?,18-,19+/m1/s1. The number of methoxy groups -OCH3 is 1. The normalized spacial score (nSPS) is 23.6. The maximum absolute atomic E-state index is 13.0. The van der Waals surface area contributed by atoms with Crippen molar-refractivity contribution in [1.29, 1.82) is 0 Å². The Morgan fingerprint density at radius 1 is 1.21 bits per heavy atom. The smallest absolute Gasteiger partial charge is 0.411 e. The summed E-state index contributed by atoms with van der Waals surface area (Å²) in [4.78, 5) is 40.2. The van der Waals surface area contributed by atoms with Crippen LogP contribution in [-0.4, -0.2) is 60.1 Å². The molecule has 0 radical (unpaired) electrons. The molecule has 8 heteroatoms. The van der Waals surface area contributed by atoms with Gasteiger partial charge in [-0.2, -0.15) is 0 Å². The number of esters is 1. The summed E-state index contributed by atoms with van der Waals surface area (Å²) in [6.45, 7) is 3.96. The van der Waals surface area contributed by atoms with E-state index in [9.17, 15) is 14.4 Å². The molecule has 0 bridgehead atoms. The van der Waals surface area contributed by atoms with Crippen LogP contribution in [0.15, 0.2) is 59.7 Å². The lowest BCUT2D eigenvalue weighted by atomic mass is 9.85. The molecule has 1 unspecified atom stereocenters. The first-order chi connectivity index (χ1) is 14.0. The number of ether oxygens (including phenoxy) is 2. The van der Waals surface area contributed by atoms with Gasteiger partial charge in [0.25, 0.3) is 0 Å². The lowest BCUT2D eigenvalue weighted by Crippen LogP contribution is -2.71. The number of cyclic esters (lactones) is 1. The molecule has 3 heterocycles. The summed E-state index contributed by atoms with van der Waals surface area (Å²) in [7, 11) is 1.25. The molecule has 8 nitrogen and oxygen atoms in total. The third-order valence-corrected chi connectivity index (χ3v) is 5.29. The Hall–Kier alpha value is -3.55. The fourth-order valence-electron chi connectivity index (χ4n) is 3.84. The SMILES string of the molecule is C=C(c1ccco1)[C@@H]1[C@H](N2C(=O)OCC2c2ccccc2)C(=O)N1CC(=O)OC. The van der Waals surface area contributed by atoms with Gasteiger partial charge in [0, 0.05) is 5.57 Å². The number of furan rings is 1. The number of nitrogens with zero attached hydrogens (tertiary/aromatic N) is 2. The minimum absolute atomic E-state index is 0.142. The van der Waals surface area contributed by atoms with Crippen LogP contribution in [0.2, 0.25) is 0 Å². The lowest BCUT2D eigenvalue weighted by molar-refractivity contribution is -0.161. The maximum atomic E-state index is 13.0. The fourth-order valence-corrected chi connectivity index (χ4v) is 3.84. The molecular weight excluding hydrogens is 376 g/mol. The Labute approximate surface area is 167 Å². The van der Waals surface area contributed by atoms with Crippen LogP contribution in [0.5, 0.6) is 0 Å². The van der Waals surface area contributed by atoms with Gasteiger partial charge < -0.3 is 18.8 Å². The minimum Gasteiger partial charge on any atom is -0.468 e. The van der Waals surface area contributed by atoms with E-state index in [2.05, 4.69) is 6.58 Å². The largest absolute Gasteiger partial charge is 0.468 e. The highest BCUT2D eigenvalue weighted by atomic mass is 16.6. The van der Waals surface area contributed by atoms with Crippen molar-refractivity contribution in [2.24, 2.45) is 0 Å². The monoisotopic (exact) mass is 396 g/mol. The van der Waals surface area contributed by atoms with Gasteiger partial charge in [-0.1, -0.05) is 36.9 Å². The van der Waals surface area contributed by atoms with Gasteiger partial charge >= 0.3 is 12.1 Å². The fraction of sp³-hybridized carbons (Fsp3) is 0.286. The highest BCUT2D eigenvalue weighted by Crippen LogP contribution is 2.40. The topological polar surface area (TPSA) is 89.3 Å². The molecule has 2 aliphatic heterocycles. The average Bonchev–Trinajstić information content (AvgIpc) is 3.40. The minimum atomic E-state index is -0.850. The summed E-state index contributed by atoms with van der Waals surface area (Å²) in [6, 6.07) is 10.9. The van der Waals surface area contributed by atoms with Gasteiger partial charge in [-0.15, -0.1) is 0 Å². The molecule has 29 heavy (non-hydrogen) atoms. The number of hydrogen-bond donors (Lipinski definition) is 0. The maximum Gasteiger partial charge on any atom is 0.411 e. The average molecular weight is 396 g/mol. The van der Waals surface area contributed by atoms with E-state index in [1.54, 1.807) is 12.1 Å². The van der Waals surface area contributed by atoms with Crippen molar-refractivity contribution in [3.05, 3.63) is 66.6 Å². The quantitative estimate of drug-likeness (QED) is 0.550. The van der Waals surface area contributed by atoms with Crippen LogP contribution in [0.1, 0.15) is 17.4 Å². The van der Waals surface area contributed by atoms with Crippen molar-refractivity contribution < 1.29 is 28.3 Å². The molecule has 0 spiro atoms. The Balaban J connectivity index is 1.68. The summed E-state index contributed by atoms with van der Waals surface area (Å²) in [6.07, 6.45) is 0.921. The number of carbonyl (C=O) groups is 3. The number of carbonyl (C=O) groups excluding carboxylic acids is 3. The molecule has 1 aromatic heterocycles. The van der Waals surface area contributed by atoms with Crippen molar-refractivity contribution in [1.82, 2.24) is 9.80 Å². The molecule has 2 aliphatic rings. The number of likely N-dealkylation sites (tertiary alicyclic amines) is 1. The first kappa shape index (κ1) is 18.8. The summed E-state index contributed by atoms with van der Waals surface area (Å²) < 4.78 is 15.4. The molecule has 0 aliphatic carbocycles. The van der Waals surface area contributed by atoms with E-state index in [1.165, 1.54) is 23.2 Å². The summed E-state index contributed by atoms with van der Waals surface area (Å²) in [5.41, 5.74) is 1.36. The zero-order chi connectivity index (χ0) is 20.5. The Morgan fingerprint density at radius 3 is 2.62 bits per heavy atom. The van der Waals surface area contributed by atoms with E-state index in [4.69, 9.17) is 13.9 Å². The van der Waals surface area contributed by atoms with Crippen LogP contribution in [0.4, 0.5) is 4.79 Å². The second kappa shape index (κ2) is 7.46. The van der Waals surface area contributed by atoms with Crippen molar-refractivity contribution in [2.75, 3.05) is 20.3 Å². The molecule has 2 saturated heterocycles. The number of hydrogen-bond acceptors (Lipinski definition) is 6. The highest BCUT2D eigenvalue weighted by Gasteiger charge is 2.57. The van der Waals surface area contributed by atoms with Gasteiger partial charge in [0.05, 0.1) is 25.5 Å². The Morgan fingerprint density at radius 2 is 1.97 bits per heavy atom. The van der Waals surface area contributed by atoms with Crippen molar-refractivity contribution in [3.8, 4) is 0 Å². The van der Waals surface area contributed by atoms with E-state index in [1.807, 2.05) is 30.3 Å². The molecule has 0 saturated carbocycles. The van der Waals surface area contributed by atoms with Gasteiger partial charge in [-0.05, 0) is 17.7 Å². The molecule has 2 amide bonds. The third-order valence-electron chi connectivity index (χ3n) is 5.29. The second-order valence-corrected chi connectivity index (χ2v) is 6.85. The van der Waals surface area contributed by atoms with Crippen LogP contribution < -0.4 is 0 Å². The van der Waals surface area contributed by atoms with Gasteiger partial charge in [-0.3, -0.25) is 14.5 Å². The van der Waals surface area contributed by atoms with Gasteiger partial charge in [-0.25, -0.2) is 4.79 Å². The predicted octanol–water partition coefficient (Wildman–Crippen LogP) is 2.24. The van der Waals surface area contributed by atoms with Crippen LogP contribution in [0.25, 0.3) is 5.57 Å². The molecule has 0 N–H and O–H groups in total. The summed E-state index contributed by atoms with van der Waals surface area (Å²) >= 11 is 0. The molecule has 1 aromatic carbocycles. The zero-order valence-corrected chi connectivity index (χ0v) is 15.8. The lowest BCUT2D eigenvalue weighted by Gasteiger charge is -2.50. The van der Waals surface area contributed by atoms with Gasteiger partial charge in [0.15, 0.2) is 0 Å². The van der Waals surface area contributed by atoms with E-state index >= 15 is 0 Å². The van der Waals surface area contributed by atoms with E-state index < -0.39 is 30.2 Å². The number of amides is 2. The molecule has 150 valence electrons. The molecular formula is C21H20N2O6. The molecule has 3 atom stereocenters. The van der Waals surface area contributed by atoms with E-state index in [0.717, 1.165) is 5.56 Å². The first-order valence-corrected chi connectivity index (χ1v) is 9.13. The van der Waals surface area contributed by atoms with Crippen molar-refractivity contribution in [3.63, 3.8) is 0 Å². The Kier molecular flexibility index (Phi) is 4.84. The predicted molar refractivity (Wildman–Crippen MR) is 101 cm³/mol. The summed E-state index contributed by atoms with van der Waals surface area (Å²) in [5.74, 6) is -0.447.